The molecule has 26 heavy (non-hydrogen) atoms. The van der Waals surface area contributed by atoms with Gasteiger partial charge in [0.15, 0.2) is 0 Å². The Morgan fingerprint density at radius 3 is 1.81 bits per heavy atom. The van der Waals surface area contributed by atoms with Gasteiger partial charge in [0.1, 0.15) is 6.04 Å². The zero-order valence-electron chi connectivity index (χ0n) is 16.5. The van der Waals surface area contributed by atoms with Crippen LogP contribution in [0.3, 0.4) is 0 Å². The van der Waals surface area contributed by atoms with Gasteiger partial charge in [0.25, 0.3) is 0 Å². The van der Waals surface area contributed by atoms with Gasteiger partial charge in [0, 0.05) is 12.8 Å². The molecule has 1 atom stereocenters. The van der Waals surface area contributed by atoms with Crippen LogP contribution in [-0.4, -0.2) is 33.8 Å². The van der Waals surface area contributed by atoms with E-state index in [1.807, 2.05) is 0 Å². The fraction of sp³-hybridized carbons (Fsp3) is 0.857. The Kier molecular flexibility index (Phi) is 12.0. The predicted molar refractivity (Wildman–Crippen MR) is 103 cm³/mol. The number of carboxylic acids is 1. The highest BCUT2D eigenvalue weighted by atomic mass is 16.4. The van der Waals surface area contributed by atoms with Crippen molar-refractivity contribution < 1.29 is 19.5 Å². The van der Waals surface area contributed by atoms with Crippen molar-refractivity contribution in [2.45, 2.75) is 116 Å². The first-order valence-electron chi connectivity index (χ1n) is 10.7. The molecule has 1 unspecified atom stereocenters. The molecule has 1 rings (SSSR count). The lowest BCUT2D eigenvalue weighted by Gasteiger charge is -2.19. The summed E-state index contributed by atoms with van der Waals surface area (Å²) in [5, 5.41) is 9.09. The van der Waals surface area contributed by atoms with Crippen LogP contribution >= 0.6 is 0 Å². The summed E-state index contributed by atoms with van der Waals surface area (Å²) < 4.78 is 0. The maximum absolute atomic E-state index is 12.1. The molecule has 0 aliphatic carbocycles. The normalized spacial score (nSPS) is 17.0. The highest BCUT2D eigenvalue weighted by molar-refractivity contribution is 6.01. The first kappa shape index (κ1) is 22.7. The van der Waals surface area contributed by atoms with E-state index in [1.54, 1.807) is 0 Å². The molecule has 0 aromatic carbocycles. The molecule has 1 fully saturated rings. The lowest BCUT2D eigenvalue weighted by atomic mass is 10.0. The van der Waals surface area contributed by atoms with Gasteiger partial charge in [-0.2, -0.15) is 0 Å². The van der Waals surface area contributed by atoms with Gasteiger partial charge in [-0.1, -0.05) is 84.0 Å². The second-order valence-corrected chi connectivity index (χ2v) is 7.54. The molecule has 1 aliphatic heterocycles. The molecule has 2 amide bonds. The molecular formula is C21H37NO4. The summed E-state index contributed by atoms with van der Waals surface area (Å²) in [5.74, 6) is -1.73. The fourth-order valence-electron chi connectivity index (χ4n) is 3.64. The largest absolute Gasteiger partial charge is 0.480 e. The number of rotatable bonds is 15. The summed E-state index contributed by atoms with van der Waals surface area (Å²) in [6, 6.07) is -0.947. The third kappa shape index (κ3) is 8.81. The van der Waals surface area contributed by atoms with E-state index >= 15 is 0 Å². The molecule has 1 heterocycles. The number of carbonyl (C=O) groups is 3. The number of amides is 2. The molecule has 0 aromatic heterocycles. The summed E-state index contributed by atoms with van der Waals surface area (Å²) >= 11 is 0. The summed E-state index contributed by atoms with van der Waals surface area (Å²) in [5.41, 5.74) is 0. The minimum Gasteiger partial charge on any atom is -0.480 e. The smallest absolute Gasteiger partial charge is 0.326 e. The van der Waals surface area contributed by atoms with Gasteiger partial charge in [0.05, 0.1) is 0 Å². The Morgan fingerprint density at radius 1 is 0.885 bits per heavy atom. The van der Waals surface area contributed by atoms with Crippen LogP contribution in [0.4, 0.5) is 0 Å². The maximum Gasteiger partial charge on any atom is 0.326 e. The van der Waals surface area contributed by atoms with Crippen LogP contribution < -0.4 is 0 Å². The van der Waals surface area contributed by atoms with Crippen LogP contribution in [-0.2, 0) is 14.4 Å². The number of likely N-dealkylation sites (tertiary alicyclic amines) is 1. The zero-order chi connectivity index (χ0) is 19.2. The van der Waals surface area contributed by atoms with Crippen molar-refractivity contribution in [3.05, 3.63) is 0 Å². The van der Waals surface area contributed by atoms with Crippen molar-refractivity contribution >= 4 is 17.8 Å². The molecule has 1 saturated heterocycles. The van der Waals surface area contributed by atoms with Crippen LogP contribution in [0, 0.1) is 0 Å². The third-order valence-corrected chi connectivity index (χ3v) is 5.26. The Hall–Kier alpha value is -1.39. The summed E-state index contributed by atoms with van der Waals surface area (Å²) in [4.78, 5) is 35.9. The average Bonchev–Trinajstić information content (AvgIpc) is 3.00. The number of carboxylic acid groups (broad SMARTS) is 1. The van der Waals surface area contributed by atoms with Crippen molar-refractivity contribution in [3.63, 3.8) is 0 Å². The second kappa shape index (κ2) is 13.8. The number of hydrogen-bond acceptors (Lipinski definition) is 3. The van der Waals surface area contributed by atoms with Crippen molar-refractivity contribution in [2.24, 2.45) is 0 Å². The van der Waals surface area contributed by atoms with Gasteiger partial charge in [-0.25, -0.2) is 4.79 Å². The quantitative estimate of drug-likeness (QED) is 0.410. The third-order valence-electron chi connectivity index (χ3n) is 5.26. The maximum atomic E-state index is 12.1. The van der Waals surface area contributed by atoms with E-state index in [4.69, 9.17) is 5.11 Å². The minimum atomic E-state index is -1.07. The standard InChI is InChI=1S/C21H37NO4/c1-2-3-4-5-6-7-8-9-10-11-12-13-14-15-19(23)22-18(21(25)26)16-17-20(22)24/h18H,2-17H2,1H3,(H,25,26). The number of imide groups is 1. The van der Waals surface area contributed by atoms with Gasteiger partial charge in [-0.15, -0.1) is 0 Å². The summed E-state index contributed by atoms with van der Waals surface area (Å²) in [7, 11) is 0. The number of carbonyl (C=O) groups excluding carboxylic acids is 2. The molecular weight excluding hydrogens is 330 g/mol. The molecule has 0 spiro atoms. The van der Waals surface area contributed by atoms with E-state index < -0.39 is 12.0 Å². The molecule has 1 aliphatic rings. The summed E-state index contributed by atoms with van der Waals surface area (Å²) in [6.07, 6.45) is 16.8. The van der Waals surface area contributed by atoms with Crippen molar-refractivity contribution in [1.82, 2.24) is 4.90 Å². The first-order chi connectivity index (χ1) is 12.6. The topological polar surface area (TPSA) is 74.7 Å². The minimum absolute atomic E-state index is 0.168. The van der Waals surface area contributed by atoms with Crippen LogP contribution in [0.2, 0.25) is 0 Å². The van der Waals surface area contributed by atoms with Crippen molar-refractivity contribution in [1.29, 1.82) is 0 Å². The molecule has 0 bridgehead atoms. The van der Waals surface area contributed by atoms with E-state index in [9.17, 15) is 14.4 Å². The molecule has 5 heteroatoms. The SMILES string of the molecule is CCCCCCCCCCCCCCCC(=O)N1C(=O)CCC1C(=O)O. The Bertz CT molecular complexity index is 436. The second-order valence-electron chi connectivity index (χ2n) is 7.54. The van der Waals surface area contributed by atoms with Crippen molar-refractivity contribution in [2.75, 3.05) is 0 Å². The van der Waals surface area contributed by atoms with Crippen LogP contribution in [0.1, 0.15) is 110 Å². The van der Waals surface area contributed by atoms with Crippen molar-refractivity contribution in [3.8, 4) is 0 Å². The molecule has 150 valence electrons. The number of nitrogens with zero attached hydrogens (tertiary/aromatic N) is 1. The molecule has 0 radical (unpaired) electrons. The fourth-order valence-corrected chi connectivity index (χ4v) is 3.64. The monoisotopic (exact) mass is 367 g/mol. The lowest BCUT2D eigenvalue weighted by molar-refractivity contribution is -0.154. The highest BCUT2D eigenvalue weighted by Crippen LogP contribution is 2.21. The number of unbranched alkanes of at least 4 members (excludes halogenated alkanes) is 12. The molecule has 5 nitrogen and oxygen atoms in total. The Morgan fingerprint density at radius 2 is 1.35 bits per heavy atom. The first-order valence-corrected chi connectivity index (χ1v) is 10.7. The zero-order valence-corrected chi connectivity index (χ0v) is 16.5. The lowest BCUT2D eigenvalue weighted by Crippen LogP contribution is -2.42. The van der Waals surface area contributed by atoms with Crippen LogP contribution in [0.25, 0.3) is 0 Å². The van der Waals surface area contributed by atoms with Gasteiger partial charge >= 0.3 is 5.97 Å². The van der Waals surface area contributed by atoms with E-state index in [0.29, 0.717) is 0 Å². The van der Waals surface area contributed by atoms with E-state index in [0.717, 1.165) is 24.2 Å². The van der Waals surface area contributed by atoms with E-state index in [2.05, 4.69) is 6.92 Å². The summed E-state index contributed by atoms with van der Waals surface area (Å²) in [6.45, 7) is 2.24. The highest BCUT2D eigenvalue weighted by Gasteiger charge is 2.39. The van der Waals surface area contributed by atoms with Gasteiger partial charge < -0.3 is 5.11 Å². The van der Waals surface area contributed by atoms with Crippen LogP contribution in [0.15, 0.2) is 0 Å². The molecule has 0 saturated carbocycles. The predicted octanol–water partition coefficient (Wildman–Crippen LogP) is 5.07. The molecule has 1 N–H and O–H groups in total. The Labute approximate surface area is 158 Å². The van der Waals surface area contributed by atoms with Crippen LogP contribution in [0.5, 0.6) is 0 Å². The van der Waals surface area contributed by atoms with E-state index in [-0.39, 0.29) is 31.1 Å². The average molecular weight is 368 g/mol. The number of hydrogen-bond donors (Lipinski definition) is 1. The van der Waals surface area contributed by atoms with Gasteiger partial charge in [-0.05, 0) is 12.8 Å². The van der Waals surface area contributed by atoms with Gasteiger partial charge in [0.2, 0.25) is 11.8 Å². The van der Waals surface area contributed by atoms with Gasteiger partial charge in [-0.3, -0.25) is 14.5 Å². The molecule has 0 aromatic rings. The Balaban J connectivity index is 1.96. The van der Waals surface area contributed by atoms with E-state index in [1.165, 1.54) is 64.2 Å². The number of aliphatic carboxylic acids is 1.